The monoisotopic (exact) mass is 198 g/mol. The van der Waals surface area contributed by atoms with Crippen molar-refractivity contribution in [1.29, 1.82) is 0 Å². The second-order valence-electron chi connectivity index (χ2n) is 4.06. The predicted molar refractivity (Wildman–Crippen MR) is 53.0 cm³/mol. The van der Waals surface area contributed by atoms with Gasteiger partial charge >= 0.3 is 0 Å². The van der Waals surface area contributed by atoms with Crippen LogP contribution in [-0.2, 0) is 9.53 Å². The minimum absolute atomic E-state index is 0.148. The van der Waals surface area contributed by atoms with E-state index in [0.29, 0.717) is 6.04 Å². The molecule has 0 aromatic heterocycles. The summed E-state index contributed by atoms with van der Waals surface area (Å²) in [6.45, 7) is 2.47. The van der Waals surface area contributed by atoms with Gasteiger partial charge in [-0.15, -0.1) is 0 Å². The first-order chi connectivity index (χ1) is 6.81. The standard InChI is InChI=1S/C10H18N2O2/c1-11-8-4-5-12(7-8)10(13)9-3-2-6-14-9/h8-9,11H,2-7H2,1H3/t8?,9-/m0/s1. The Kier molecular flexibility index (Phi) is 3.03. The second-order valence-corrected chi connectivity index (χ2v) is 4.06. The Balaban J connectivity index is 1.86. The second kappa shape index (κ2) is 4.28. The fraction of sp³-hybridized carbons (Fsp3) is 0.900. The molecule has 2 heterocycles. The molecule has 4 nitrogen and oxygen atoms in total. The fourth-order valence-electron chi connectivity index (χ4n) is 2.17. The highest BCUT2D eigenvalue weighted by atomic mass is 16.5. The zero-order valence-corrected chi connectivity index (χ0v) is 8.66. The Hall–Kier alpha value is -0.610. The fourth-order valence-corrected chi connectivity index (χ4v) is 2.17. The van der Waals surface area contributed by atoms with Crippen molar-refractivity contribution >= 4 is 5.91 Å². The van der Waals surface area contributed by atoms with Crippen LogP contribution in [0.25, 0.3) is 0 Å². The van der Waals surface area contributed by atoms with Crippen LogP contribution in [0.2, 0.25) is 0 Å². The number of carbonyl (C=O) groups is 1. The van der Waals surface area contributed by atoms with Crippen LogP contribution in [-0.4, -0.2) is 49.7 Å². The third kappa shape index (κ3) is 1.91. The van der Waals surface area contributed by atoms with Gasteiger partial charge in [0.05, 0.1) is 0 Å². The number of nitrogens with zero attached hydrogens (tertiary/aromatic N) is 1. The largest absolute Gasteiger partial charge is 0.368 e. The Morgan fingerprint density at radius 2 is 2.36 bits per heavy atom. The first-order valence-corrected chi connectivity index (χ1v) is 5.39. The summed E-state index contributed by atoms with van der Waals surface area (Å²) in [6.07, 6.45) is 2.85. The molecule has 0 aliphatic carbocycles. The van der Waals surface area contributed by atoms with Crippen molar-refractivity contribution in [3.8, 4) is 0 Å². The molecule has 0 aromatic rings. The normalized spacial score (nSPS) is 32.5. The van der Waals surface area contributed by atoms with E-state index >= 15 is 0 Å². The lowest BCUT2D eigenvalue weighted by Crippen LogP contribution is -2.39. The quantitative estimate of drug-likeness (QED) is 0.678. The number of likely N-dealkylation sites (N-methyl/N-ethyl adjacent to an activating group) is 1. The molecule has 2 atom stereocenters. The Morgan fingerprint density at radius 3 is 2.93 bits per heavy atom. The third-order valence-electron chi connectivity index (χ3n) is 3.11. The number of amides is 1. The maximum absolute atomic E-state index is 11.9. The van der Waals surface area contributed by atoms with Crippen LogP contribution in [0, 0.1) is 0 Å². The molecule has 2 saturated heterocycles. The maximum Gasteiger partial charge on any atom is 0.251 e. The predicted octanol–water partition coefficient (Wildman–Crippen LogP) is -0.0143. The zero-order valence-electron chi connectivity index (χ0n) is 8.66. The lowest BCUT2D eigenvalue weighted by Gasteiger charge is -2.19. The van der Waals surface area contributed by atoms with Crippen molar-refractivity contribution in [3.63, 3.8) is 0 Å². The Morgan fingerprint density at radius 1 is 1.50 bits per heavy atom. The van der Waals surface area contributed by atoms with Gasteiger partial charge in [0, 0.05) is 25.7 Å². The van der Waals surface area contributed by atoms with E-state index in [-0.39, 0.29) is 12.0 Å². The van der Waals surface area contributed by atoms with Crippen molar-refractivity contribution in [3.05, 3.63) is 0 Å². The van der Waals surface area contributed by atoms with Crippen LogP contribution in [0.3, 0.4) is 0 Å². The van der Waals surface area contributed by atoms with Gasteiger partial charge in [0.15, 0.2) is 0 Å². The van der Waals surface area contributed by atoms with Crippen LogP contribution < -0.4 is 5.32 Å². The van der Waals surface area contributed by atoms with E-state index in [0.717, 1.165) is 39.0 Å². The van der Waals surface area contributed by atoms with E-state index < -0.39 is 0 Å². The number of hydrogen-bond acceptors (Lipinski definition) is 3. The topological polar surface area (TPSA) is 41.6 Å². The number of rotatable bonds is 2. The van der Waals surface area contributed by atoms with Crippen molar-refractivity contribution in [2.75, 3.05) is 26.7 Å². The molecule has 14 heavy (non-hydrogen) atoms. The van der Waals surface area contributed by atoms with Crippen LogP contribution in [0.4, 0.5) is 0 Å². The SMILES string of the molecule is CNC1CCN(C(=O)[C@@H]2CCCO2)C1. The van der Waals surface area contributed by atoms with E-state index in [9.17, 15) is 4.79 Å². The summed E-state index contributed by atoms with van der Waals surface area (Å²) >= 11 is 0. The maximum atomic E-state index is 11.9. The Bertz CT molecular complexity index is 214. The number of nitrogens with one attached hydrogen (secondary N) is 1. The summed E-state index contributed by atoms with van der Waals surface area (Å²) in [6, 6.07) is 0.473. The molecule has 80 valence electrons. The van der Waals surface area contributed by atoms with E-state index in [1.54, 1.807) is 0 Å². The summed E-state index contributed by atoms with van der Waals surface area (Å²) in [4.78, 5) is 13.8. The summed E-state index contributed by atoms with van der Waals surface area (Å²) in [5.41, 5.74) is 0. The highest BCUT2D eigenvalue weighted by Crippen LogP contribution is 2.18. The van der Waals surface area contributed by atoms with Crippen molar-refractivity contribution in [1.82, 2.24) is 10.2 Å². The summed E-state index contributed by atoms with van der Waals surface area (Å²) in [5.74, 6) is 0.195. The molecule has 1 N–H and O–H groups in total. The van der Waals surface area contributed by atoms with Crippen LogP contribution in [0.1, 0.15) is 19.3 Å². The highest BCUT2D eigenvalue weighted by Gasteiger charge is 2.32. The first-order valence-electron chi connectivity index (χ1n) is 5.39. The van der Waals surface area contributed by atoms with Crippen LogP contribution in [0.15, 0.2) is 0 Å². The van der Waals surface area contributed by atoms with Crippen molar-refractivity contribution in [2.45, 2.75) is 31.4 Å². The van der Waals surface area contributed by atoms with Gasteiger partial charge in [-0.25, -0.2) is 0 Å². The van der Waals surface area contributed by atoms with Gasteiger partial charge in [-0.2, -0.15) is 0 Å². The van der Waals surface area contributed by atoms with Gasteiger partial charge in [0.2, 0.25) is 0 Å². The molecule has 2 aliphatic rings. The van der Waals surface area contributed by atoms with E-state index in [1.807, 2.05) is 11.9 Å². The zero-order chi connectivity index (χ0) is 9.97. The molecule has 0 bridgehead atoms. The van der Waals surface area contributed by atoms with E-state index in [4.69, 9.17) is 4.74 Å². The number of hydrogen-bond donors (Lipinski definition) is 1. The van der Waals surface area contributed by atoms with Gasteiger partial charge in [-0.3, -0.25) is 4.79 Å². The van der Waals surface area contributed by atoms with Crippen LogP contribution in [0.5, 0.6) is 0 Å². The first kappa shape index (κ1) is 9.93. The summed E-state index contributed by atoms with van der Waals surface area (Å²) in [5, 5.41) is 3.20. The molecule has 2 aliphatic heterocycles. The molecule has 0 saturated carbocycles. The number of carbonyl (C=O) groups excluding carboxylic acids is 1. The molecule has 2 fully saturated rings. The Labute approximate surface area is 84.6 Å². The summed E-state index contributed by atoms with van der Waals surface area (Å²) in [7, 11) is 1.95. The smallest absolute Gasteiger partial charge is 0.251 e. The average Bonchev–Trinajstić information content (AvgIpc) is 2.88. The number of likely N-dealkylation sites (tertiary alicyclic amines) is 1. The minimum Gasteiger partial charge on any atom is -0.368 e. The van der Waals surface area contributed by atoms with E-state index in [2.05, 4.69) is 5.32 Å². The van der Waals surface area contributed by atoms with Crippen molar-refractivity contribution in [2.24, 2.45) is 0 Å². The molecule has 1 unspecified atom stereocenters. The van der Waals surface area contributed by atoms with Gasteiger partial charge < -0.3 is 15.0 Å². The lowest BCUT2D eigenvalue weighted by atomic mass is 10.2. The highest BCUT2D eigenvalue weighted by molar-refractivity contribution is 5.81. The van der Waals surface area contributed by atoms with Crippen molar-refractivity contribution < 1.29 is 9.53 Å². The van der Waals surface area contributed by atoms with E-state index in [1.165, 1.54) is 0 Å². The average molecular weight is 198 g/mol. The van der Waals surface area contributed by atoms with Gasteiger partial charge in [0.1, 0.15) is 6.10 Å². The van der Waals surface area contributed by atoms with Gasteiger partial charge in [-0.05, 0) is 26.3 Å². The number of ether oxygens (including phenoxy) is 1. The molecular formula is C10H18N2O2. The summed E-state index contributed by atoms with van der Waals surface area (Å²) < 4.78 is 5.38. The lowest BCUT2D eigenvalue weighted by molar-refractivity contribution is -0.139. The van der Waals surface area contributed by atoms with Crippen LogP contribution >= 0.6 is 0 Å². The molecule has 0 aromatic carbocycles. The molecular weight excluding hydrogens is 180 g/mol. The molecule has 0 radical (unpaired) electrons. The minimum atomic E-state index is -0.148. The molecule has 4 heteroatoms. The molecule has 1 amide bonds. The van der Waals surface area contributed by atoms with Gasteiger partial charge in [-0.1, -0.05) is 0 Å². The molecule has 2 rings (SSSR count). The van der Waals surface area contributed by atoms with Gasteiger partial charge in [0.25, 0.3) is 5.91 Å². The third-order valence-corrected chi connectivity index (χ3v) is 3.11. The molecule has 0 spiro atoms.